The molecule has 3 heterocycles. The molecular formula is C19H22N4O. The fourth-order valence-corrected chi connectivity index (χ4v) is 2.95. The second kappa shape index (κ2) is 7.25. The first kappa shape index (κ1) is 16.2. The number of carbonyl (C=O) groups excluding carboxylic acids is 1. The van der Waals surface area contributed by atoms with Crippen molar-refractivity contribution < 1.29 is 4.79 Å². The molecule has 0 bridgehead atoms. The quantitative estimate of drug-likeness (QED) is 0.695. The SMILES string of the molecule is CCCCC(c1cccnc1)N(C)C(=O)c1ccn2nccc2c1. The molecule has 24 heavy (non-hydrogen) atoms. The van der Waals surface area contributed by atoms with Crippen LogP contribution >= 0.6 is 0 Å². The lowest BCUT2D eigenvalue weighted by Gasteiger charge is -2.28. The second-order valence-corrected chi connectivity index (χ2v) is 5.98. The van der Waals surface area contributed by atoms with Gasteiger partial charge in [0.1, 0.15) is 0 Å². The number of hydrogen-bond acceptors (Lipinski definition) is 3. The van der Waals surface area contributed by atoms with Crippen molar-refractivity contribution in [1.82, 2.24) is 19.5 Å². The van der Waals surface area contributed by atoms with Crippen molar-refractivity contribution in [3.05, 3.63) is 66.2 Å². The zero-order valence-corrected chi connectivity index (χ0v) is 14.1. The summed E-state index contributed by atoms with van der Waals surface area (Å²) in [7, 11) is 1.87. The van der Waals surface area contributed by atoms with Gasteiger partial charge in [0, 0.05) is 37.4 Å². The van der Waals surface area contributed by atoms with Crippen molar-refractivity contribution in [2.75, 3.05) is 7.05 Å². The van der Waals surface area contributed by atoms with Gasteiger partial charge in [-0.15, -0.1) is 0 Å². The average Bonchev–Trinajstić information content (AvgIpc) is 3.09. The summed E-state index contributed by atoms with van der Waals surface area (Å²) in [4.78, 5) is 19.0. The highest BCUT2D eigenvalue weighted by Crippen LogP contribution is 2.26. The number of unbranched alkanes of at least 4 members (excludes halogenated alkanes) is 1. The molecule has 3 aromatic rings. The van der Waals surface area contributed by atoms with E-state index in [2.05, 4.69) is 17.0 Å². The first-order valence-electron chi connectivity index (χ1n) is 8.31. The third-order valence-electron chi connectivity index (χ3n) is 4.33. The van der Waals surface area contributed by atoms with E-state index in [1.165, 1.54) is 0 Å². The van der Waals surface area contributed by atoms with Gasteiger partial charge in [0.05, 0.1) is 11.6 Å². The molecule has 0 spiro atoms. The van der Waals surface area contributed by atoms with E-state index >= 15 is 0 Å². The van der Waals surface area contributed by atoms with E-state index in [9.17, 15) is 4.79 Å². The van der Waals surface area contributed by atoms with Crippen molar-refractivity contribution in [2.24, 2.45) is 0 Å². The van der Waals surface area contributed by atoms with Crippen LogP contribution in [-0.2, 0) is 0 Å². The van der Waals surface area contributed by atoms with Crippen molar-refractivity contribution in [3.63, 3.8) is 0 Å². The van der Waals surface area contributed by atoms with Gasteiger partial charge in [-0.3, -0.25) is 9.78 Å². The predicted octanol–water partition coefficient (Wildman–Crippen LogP) is 3.73. The Kier molecular flexibility index (Phi) is 4.89. The van der Waals surface area contributed by atoms with Gasteiger partial charge in [0.25, 0.3) is 5.91 Å². The van der Waals surface area contributed by atoms with Crippen LogP contribution in [0.5, 0.6) is 0 Å². The summed E-state index contributed by atoms with van der Waals surface area (Å²) >= 11 is 0. The third kappa shape index (κ3) is 3.30. The average molecular weight is 322 g/mol. The number of carbonyl (C=O) groups is 1. The summed E-state index contributed by atoms with van der Waals surface area (Å²) in [5.74, 6) is 0.0173. The van der Waals surface area contributed by atoms with E-state index in [1.54, 1.807) is 16.9 Å². The maximum atomic E-state index is 13.0. The normalized spacial score (nSPS) is 12.2. The van der Waals surface area contributed by atoms with E-state index < -0.39 is 0 Å². The van der Waals surface area contributed by atoms with Crippen LogP contribution < -0.4 is 0 Å². The zero-order valence-electron chi connectivity index (χ0n) is 14.1. The Balaban J connectivity index is 1.87. The van der Waals surface area contributed by atoms with Crippen molar-refractivity contribution >= 4 is 11.4 Å². The number of hydrogen-bond donors (Lipinski definition) is 0. The molecule has 0 aromatic carbocycles. The first-order chi connectivity index (χ1) is 11.7. The predicted molar refractivity (Wildman–Crippen MR) is 93.8 cm³/mol. The summed E-state index contributed by atoms with van der Waals surface area (Å²) in [5.41, 5.74) is 2.67. The maximum Gasteiger partial charge on any atom is 0.254 e. The fraction of sp³-hybridized carbons (Fsp3) is 0.316. The Labute approximate surface area is 141 Å². The first-order valence-corrected chi connectivity index (χ1v) is 8.31. The lowest BCUT2D eigenvalue weighted by Crippen LogP contribution is -2.31. The van der Waals surface area contributed by atoms with Gasteiger partial charge in [-0.25, -0.2) is 4.52 Å². The molecule has 124 valence electrons. The molecule has 5 nitrogen and oxygen atoms in total. The van der Waals surface area contributed by atoms with Crippen LogP contribution in [0.2, 0.25) is 0 Å². The molecule has 3 aromatic heterocycles. The van der Waals surface area contributed by atoms with Gasteiger partial charge in [-0.1, -0.05) is 25.8 Å². The van der Waals surface area contributed by atoms with Crippen LogP contribution in [-0.4, -0.2) is 32.5 Å². The molecular weight excluding hydrogens is 300 g/mol. The number of fused-ring (bicyclic) bond motifs is 1. The minimum absolute atomic E-state index is 0.0173. The summed E-state index contributed by atoms with van der Waals surface area (Å²) < 4.78 is 1.76. The summed E-state index contributed by atoms with van der Waals surface area (Å²) in [6, 6.07) is 9.59. The van der Waals surface area contributed by atoms with E-state index in [1.807, 2.05) is 54.7 Å². The number of aromatic nitrogens is 3. The van der Waals surface area contributed by atoms with E-state index in [0.29, 0.717) is 5.56 Å². The molecule has 0 saturated heterocycles. The minimum atomic E-state index is 0.0173. The standard InChI is InChI=1S/C19H22N4O/c1-3-4-7-18(16-6-5-10-20-14-16)22(2)19(24)15-9-12-23-17(13-15)8-11-21-23/h5-6,8-14,18H,3-4,7H2,1-2H3. The second-order valence-electron chi connectivity index (χ2n) is 5.98. The van der Waals surface area contributed by atoms with Crippen LogP contribution in [0, 0.1) is 0 Å². The van der Waals surface area contributed by atoms with Crippen molar-refractivity contribution in [3.8, 4) is 0 Å². The smallest absolute Gasteiger partial charge is 0.254 e. The Morgan fingerprint density at radius 3 is 2.92 bits per heavy atom. The number of rotatable bonds is 6. The fourth-order valence-electron chi connectivity index (χ4n) is 2.95. The molecule has 0 radical (unpaired) electrons. The highest BCUT2D eigenvalue weighted by atomic mass is 16.2. The number of pyridine rings is 2. The van der Waals surface area contributed by atoms with Gasteiger partial charge >= 0.3 is 0 Å². The van der Waals surface area contributed by atoms with Crippen LogP contribution in [0.3, 0.4) is 0 Å². The van der Waals surface area contributed by atoms with E-state index in [4.69, 9.17) is 0 Å². The topological polar surface area (TPSA) is 50.5 Å². The Hall–Kier alpha value is -2.69. The van der Waals surface area contributed by atoms with Gasteiger partial charge < -0.3 is 4.90 Å². The van der Waals surface area contributed by atoms with Crippen LogP contribution in [0.15, 0.2) is 55.1 Å². The molecule has 0 N–H and O–H groups in total. The lowest BCUT2D eigenvalue weighted by molar-refractivity contribution is 0.0720. The molecule has 1 unspecified atom stereocenters. The van der Waals surface area contributed by atoms with E-state index in [0.717, 1.165) is 30.3 Å². The zero-order chi connectivity index (χ0) is 16.9. The molecule has 3 rings (SSSR count). The molecule has 1 amide bonds. The lowest BCUT2D eigenvalue weighted by atomic mass is 10.0. The monoisotopic (exact) mass is 322 g/mol. The molecule has 5 heteroatoms. The molecule has 1 atom stereocenters. The largest absolute Gasteiger partial charge is 0.335 e. The Morgan fingerprint density at radius 2 is 2.17 bits per heavy atom. The molecule has 0 aliphatic heterocycles. The highest BCUT2D eigenvalue weighted by Gasteiger charge is 2.22. The van der Waals surface area contributed by atoms with Gasteiger partial charge in [0.2, 0.25) is 0 Å². The molecule has 0 saturated carbocycles. The summed E-state index contributed by atoms with van der Waals surface area (Å²) in [6.45, 7) is 2.16. The Morgan fingerprint density at radius 1 is 1.29 bits per heavy atom. The maximum absolute atomic E-state index is 13.0. The molecule has 0 fully saturated rings. The minimum Gasteiger partial charge on any atom is -0.335 e. The van der Waals surface area contributed by atoms with Gasteiger partial charge in [-0.05, 0) is 36.2 Å². The van der Waals surface area contributed by atoms with Crippen LogP contribution in [0.25, 0.3) is 5.52 Å². The van der Waals surface area contributed by atoms with Crippen LogP contribution in [0.1, 0.15) is 48.1 Å². The van der Waals surface area contributed by atoms with Crippen molar-refractivity contribution in [2.45, 2.75) is 32.2 Å². The molecule has 0 aliphatic rings. The third-order valence-corrected chi connectivity index (χ3v) is 4.33. The highest BCUT2D eigenvalue weighted by molar-refractivity contribution is 5.95. The van der Waals surface area contributed by atoms with Crippen LogP contribution in [0.4, 0.5) is 0 Å². The van der Waals surface area contributed by atoms with Gasteiger partial charge in [0.15, 0.2) is 0 Å². The number of nitrogens with zero attached hydrogens (tertiary/aromatic N) is 4. The number of amides is 1. The van der Waals surface area contributed by atoms with Crippen molar-refractivity contribution in [1.29, 1.82) is 0 Å². The summed E-state index contributed by atoms with van der Waals surface area (Å²) in [5, 5.41) is 4.17. The van der Waals surface area contributed by atoms with Gasteiger partial charge in [-0.2, -0.15) is 5.10 Å². The molecule has 0 aliphatic carbocycles. The Bertz CT molecular complexity index is 812. The van der Waals surface area contributed by atoms with E-state index in [-0.39, 0.29) is 11.9 Å². The summed E-state index contributed by atoms with van der Waals surface area (Å²) in [6.07, 6.45) is 10.3.